The van der Waals surface area contributed by atoms with Crippen LogP contribution in [-0.4, -0.2) is 39.4 Å². The lowest BCUT2D eigenvalue weighted by Crippen LogP contribution is -2.43. The highest BCUT2D eigenvalue weighted by Crippen LogP contribution is 2.61. The van der Waals surface area contributed by atoms with E-state index in [2.05, 4.69) is 48.5 Å². The van der Waals surface area contributed by atoms with E-state index in [4.69, 9.17) is 18.9 Å². The van der Waals surface area contributed by atoms with Crippen molar-refractivity contribution in [2.75, 3.05) is 27.4 Å². The third-order valence-electron chi connectivity index (χ3n) is 8.16. The van der Waals surface area contributed by atoms with Crippen molar-refractivity contribution in [1.82, 2.24) is 0 Å². The minimum atomic E-state index is -1.48. The predicted octanol–water partition coefficient (Wildman–Crippen LogP) is 4.90. The quantitative estimate of drug-likeness (QED) is 0.245. The first kappa shape index (κ1) is 23.6. The molecule has 3 aromatic carbocycles. The molecule has 6 nitrogen and oxygen atoms in total. The monoisotopic (exact) mass is 498 g/mol. The lowest BCUT2D eigenvalue weighted by molar-refractivity contribution is -0.171. The van der Waals surface area contributed by atoms with Gasteiger partial charge < -0.3 is 18.9 Å². The van der Waals surface area contributed by atoms with Crippen molar-refractivity contribution in [2.45, 2.75) is 38.5 Å². The molecule has 0 fully saturated rings. The maximum absolute atomic E-state index is 13.4. The Morgan fingerprint density at radius 1 is 0.757 bits per heavy atom. The fourth-order valence-electron chi connectivity index (χ4n) is 6.79. The van der Waals surface area contributed by atoms with E-state index >= 15 is 0 Å². The van der Waals surface area contributed by atoms with Crippen LogP contribution >= 0.6 is 0 Å². The van der Waals surface area contributed by atoms with Gasteiger partial charge in [-0.05, 0) is 36.1 Å². The summed E-state index contributed by atoms with van der Waals surface area (Å²) in [4.78, 5) is 26.7. The van der Waals surface area contributed by atoms with Crippen LogP contribution in [-0.2, 0) is 31.9 Å². The smallest absolute Gasteiger partial charge is 0.324 e. The van der Waals surface area contributed by atoms with Crippen molar-refractivity contribution in [1.29, 1.82) is 0 Å². The third kappa shape index (κ3) is 3.11. The Kier molecular flexibility index (Phi) is 5.51. The molecule has 0 saturated heterocycles. The van der Waals surface area contributed by atoms with Crippen LogP contribution in [0.4, 0.5) is 0 Å². The van der Waals surface area contributed by atoms with Gasteiger partial charge in [-0.15, -0.1) is 0 Å². The second kappa shape index (κ2) is 8.65. The van der Waals surface area contributed by atoms with Crippen LogP contribution in [0.5, 0.6) is 11.5 Å². The molecule has 0 spiro atoms. The summed E-state index contributed by atoms with van der Waals surface area (Å²) in [6.07, 6.45) is 0.285. The Morgan fingerprint density at radius 3 is 1.62 bits per heavy atom. The Hall–Kier alpha value is -3.80. The SMILES string of the molecule is CCOC(=O)C1(C(=O)OCC)Cc2c(c(OC)c3c(c2OC)C2c4cccc(c4)C3c3ccccc32)C1. The van der Waals surface area contributed by atoms with E-state index in [9.17, 15) is 9.59 Å². The molecule has 2 unspecified atom stereocenters. The van der Waals surface area contributed by atoms with E-state index in [1.807, 2.05) is 0 Å². The van der Waals surface area contributed by atoms with Crippen LogP contribution in [0.3, 0.4) is 0 Å². The molecule has 4 aliphatic rings. The lowest BCUT2D eigenvalue weighted by Gasteiger charge is -2.35. The number of rotatable bonds is 6. The topological polar surface area (TPSA) is 71.1 Å². The number of benzene rings is 3. The Balaban J connectivity index is 1.66. The third-order valence-corrected chi connectivity index (χ3v) is 8.16. The van der Waals surface area contributed by atoms with Crippen LogP contribution in [0.25, 0.3) is 0 Å². The molecule has 3 aromatic rings. The van der Waals surface area contributed by atoms with Crippen LogP contribution in [0, 0.1) is 5.41 Å². The fraction of sp³-hybridized carbons (Fsp3) is 0.355. The molecule has 0 N–H and O–H groups in total. The highest BCUT2D eigenvalue weighted by atomic mass is 16.6. The van der Waals surface area contributed by atoms with Gasteiger partial charge >= 0.3 is 11.9 Å². The number of hydrogen-bond acceptors (Lipinski definition) is 6. The van der Waals surface area contributed by atoms with Crippen LogP contribution in [0.1, 0.15) is 70.2 Å². The zero-order valence-corrected chi connectivity index (χ0v) is 21.6. The molecule has 4 bridgehead atoms. The summed E-state index contributed by atoms with van der Waals surface area (Å²) in [5.41, 5.74) is 7.10. The minimum absolute atomic E-state index is 0.0563. The average Bonchev–Trinajstić information content (AvgIpc) is 3.25. The van der Waals surface area contributed by atoms with Crippen LogP contribution < -0.4 is 9.47 Å². The summed E-state index contributed by atoms with van der Waals surface area (Å²) in [7, 11) is 3.33. The number of carbonyl (C=O) groups is 2. The number of esters is 2. The van der Waals surface area contributed by atoms with Crippen LogP contribution in [0.2, 0.25) is 0 Å². The lowest BCUT2D eigenvalue weighted by atomic mass is 9.70. The zero-order chi connectivity index (χ0) is 25.9. The zero-order valence-electron chi connectivity index (χ0n) is 21.6. The maximum atomic E-state index is 13.4. The van der Waals surface area contributed by atoms with Gasteiger partial charge in [0.05, 0.1) is 27.4 Å². The molecule has 0 aliphatic heterocycles. The molecule has 2 atom stereocenters. The Labute approximate surface area is 216 Å². The van der Waals surface area contributed by atoms with Crippen molar-refractivity contribution in [3.05, 3.63) is 93.0 Å². The molecule has 0 heterocycles. The van der Waals surface area contributed by atoms with E-state index < -0.39 is 17.4 Å². The number of hydrogen-bond donors (Lipinski definition) is 0. The van der Waals surface area contributed by atoms with Crippen molar-refractivity contribution in [3.63, 3.8) is 0 Å². The molecular formula is C31H30O6. The summed E-state index contributed by atoms with van der Waals surface area (Å²) in [6.45, 7) is 3.83. The summed E-state index contributed by atoms with van der Waals surface area (Å²) in [6, 6.07) is 17.2. The van der Waals surface area contributed by atoms with E-state index in [-0.39, 0.29) is 37.9 Å². The molecule has 37 heavy (non-hydrogen) atoms. The van der Waals surface area contributed by atoms with Crippen molar-refractivity contribution in [3.8, 4) is 11.5 Å². The number of fused-ring (bicyclic) bond motifs is 1. The van der Waals surface area contributed by atoms with Crippen molar-refractivity contribution in [2.24, 2.45) is 5.41 Å². The highest BCUT2D eigenvalue weighted by Gasteiger charge is 2.56. The maximum Gasteiger partial charge on any atom is 0.324 e. The molecule has 0 radical (unpaired) electrons. The van der Waals surface area contributed by atoms with Gasteiger partial charge in [0.15, 0.2) is 5.41 Å². The van der Waals surface area contributed by atoms with Gasteiger partial charge in [-0.1, -0.05) is 48.5 Å². The van der Waals surface area contributed by atoms with Gasteiger partial charge in [0.2, 0.25) is 0 Å². The first-order valence-corrected chi connectivity index (χ1v) is 12.8. The standard InChI is InChI=1S/C31H30O6/c1-5-36-29(32)31(30(33)37-6-2)15-21-22(16-31)28(35-4)26-24-18-11-9-10-17(14-18)23(25(26)27(21)34-3)19-12-7-8-13-20(19)24/h7-14,23-24H,5-6,15-16H2,1-4H3. The minimum Gasteiger partial charge on any atom is -0.496 e. The summed E-state index contributed by atoms with van der Waals surface area (Å²) < 4.78 is 23.2. The summed E-state index contributed by atoms with van der Waals surface area (Å²) in [5, 5.41) is 0. The van der Waals surface area contributed by atoms with Crippen LogP contribution in [0.15, 0.2) is 48.5 Å². The first-order chi connectivity index (χ1) is 18.0. The highest BCUT2D eigenvalue weighted by molar-refractivity contribution is 6.02. The average molecular weight is 499 g/mol. The second-order valence-corrected chi connectivity index (χ2v) is 9.89. The molecule has 0 aromatic heterocycles. The molecular weight excluding hydrogens is 468 g/mol. The van der Waals surface area contributed by atoms with Gasteiger partial charge in [0.25, 0.3) is 0 Å². The molecule has 0 saturated carbocycles. The first-order valence-electron chi connectivity index (χ1n) is 12.8. The predicted molar refractivity (Wildman–Crippen MR) is 137 cm³/mol. The van der Waals surface area contributed by atoms with Gasteiger partial charge in [0, 0.05) is 46.9 Å². The Bertz CT molecular complexity index is 1330. The molecule has 190 valence electrons. The summed E-state index contributed by atoms with van der Waals surface area (Å²) >= 11 is 0. The molecule has 7 rings (SSSR count). The number of carbonyl (C=O) groups excluding carboxylic acids is 2. The van der Waals surface area contributed by atoms with Gasteiger partial charge in [-0.25, -0.2) is 0 Å². The number of methoxy groups -OCH3 is 2. The van der Waals surface area contributed by atoms with E-state index in [0.717, 1.165) is 22.3 Å². The van der Waals surface area contributed by atoms with Gasteiger partial charge in [0.1, 0.15) is 11.5 Å². The molecule has 0 amide bonds. The number of ether oxygens (including phenoxy) is 4. The fourth-order valence-corrected chi connectivity index (χ4v) is 6.79. The summed E-state index contributed by atoms with van der Waals surface area (Å²) in [5.74, 6) is 0.181. The largest absolute Gasteiger partial charge is 0.496 e. The van der Waals surface area contributed by atoms with Gasteiger partial charge in [-0.3, -0.25) is 9.59 Å². The van der Waals surface area contributed by atoms with Gasteiger partial charge in [-0.2, -0.15) is 0 Å². The molecule has 6 heteroatoms. The van der Waals surface area contributed by atoms with Crippen molar-refractivity contribution < 1.29 is 28.5 Å². The van der Waals surface area contributed by atoms with Crippen molar-refractivity contribution >= 4 is 11.9 Å². The van der Waals surface area contributed by atoms with E-state index in [0.29, 0.717) is 11.5 Å². The van der Waals surface area contributed by atoms with E-state index in [1.54, 1.807) is 28.1 Å². The Morgan fingerprint density at radius 2 is 1.22 bits per heavy atom. The molecule has 4 aliphatic carbocycles. The van der Waals surface area contributed by atoms with E-state index in [1.165, 1.54) is 22.3 Å². The normalized spacial score (nSPS) is 19.2. The second-order valence-electron chi connectivity index (χ2n) is 9.89.